The van der Waals surface area contributed by atoms with Gasteiger partial charge in [0.15, 0.2) is 0 Å². The fourth-order valence-electron chi connectivity index (χ4n) is 18.9. The summed E-state index contributed by atoms with van der Waals surface area (Å²) in [4.78, 5) is 78.0. The molecule has 8 heterocycles. The van der Waals surface area contributed by atoms with Crippen molar-refractivity contribution in [2.24, 2.45) is 47.3 Å². The molecule has 12 atom stereocenters. The zero-order valence-corrected chi connectivity index (χ0v) is 100. The van der Waals surface area contributed by atoms with Crippen molar-refractivity contribution in [2.75, 3.05) is 28.2 Å². The van der Waals surface area contributed by atoms with E-state index in [0.29, 0.717) is 89.5 Å². The van der Waals surface area contributed by atoms with Crippen LogP contribution < -0.4 is 19.5 Å². The van der Waals surface area contributed by atoms with Crippen LogP contribution in [0.25, 0.3) is 4.85 Å². The Kier molecular flexibility index (Phi) is 54.4. The Morgan fingerprint density at radius 2 is 0.691 bits per heavy atom. The van der Waals surface area contributed by atoms with Gasteiger partial charge in [-0.05, 0) is 311 Å². The molecule has 4 saturated carbocycles. The average Bonchev–Trinajstić information content (AvgIpc) is 1.65. The van der Waals surface area contributed by atoms with Crippen LogP contribution in [0.1, 0.15) is 223 Å². The van der Waals surface area contributed by atoms with E-state index in [1.807, 2.05) is 166 Å². The number of aliphatic hydroxyl groups is 2. The Morgan fingerprint density at radius 1 is 0.390 bits per heavy atom. The molecule has 23 nitrogen and oxygen atoms in total. The fourth-order valence-corrected chi connectivity index (χ4v) is 18.9. The van der Waals surface area contributed by atoms with E-state index in [-0.39, 0.29) is 29.6 Å². The monoisotopic (exact) mass is 1980 g/mol. The molecule has 0 radical (unpaired) electrons. The molecule has 0 saturated heterocycles. The average molecular weight is 1990 g/mol. The molecule has 136 heavy (non-hydrogen) atoms. The molecule has 680 valence electrons. The predicted molar refractivity (Wildman–Crippen MR) is 531 cm³/mol. The van der Waals surface area contributed by atoms with Crippen molar-refractivity contribution in [3.8, 4) is 0 Å². The zero-order valence-electron chi connectivity index (χ0n) is 81.4. The zero-order chi connectivity index (χ0) is 97.8. The van der Waals surface area contributed by atoms with Crippen LogP contribution in [0.5, 0.6) is 0 Å². The first-order chi connectivity index (χ1) is 66.0. The van der Waals surface area contributed by atoms with Crippen LogP contribution in [0.15, 0.2) is 287 Å². The van der Waals surface area contributed by atoms with Gasteiger partial charge < -0.3 is 40.2 Å². The van der Waals surface area contributed by atoms with Gasteiger partial charge in [0.05, 0.1) is 17.8 Å². The standard InChI is InChI=1S/C27H28N4O2.C27H32N3O2.C26H30N3O3.C20H23NO3.C7H10N2.6K/c1-28-25-12-11-24(17-30-25)26(32)23-10-7-20(15-23)14-19-5-8-22(9-6-19)27(33)31(2)18-21-4-3-13-29-16-21;1-20(26-6-4-14-30(32)19-26)25-12-9-22(16-25)15-21-7-10-24(11-8-21)27(31)29(2)18-23-5-3-13-28-17-23;1-28(17-21-4-2-12-27-16-21)26(31)22-9-6-19(7-10-22)14-20-8-11-23(15-20)25(30)24-5-3-13-29(32)18-24;1-14(19-3-2-10-21(24)13-19)18-9-6-16(12-18)11-15-4-7-17(8-5-15)20(22)23;1-8-5-7-3-2-4-9-6-7;;;;;;/h3-6,8-9,11-13,16-17,20,23,26,32H,7,10,14-15,18H2,2H3;3-8,10-11,13-14,17,19-20,22,25,32H,9,12,15-16,18H2,1-2H3;2-7,9-10,12-13,16,18,20,23,25,30,32H,8,11,14-15,17H2,1H3;2-5,7-8,10,13-14,16,18H,6,9,11-12H2,1H3,(H-,22,23,24);2-4,6,8H,5H2,1H3;;;;;;/q;2*+1;;;;;;;;/p+1/t20?,23-,26-;20-,22?,25-;20?,23-,25-;14-,16?,18-;;;;;;;/m0000......./s1. The van der Waals surface area contributed by atoms with E-state index in [1.165, 1.54) is 267 Å². The van der Waals surface area contributed by atoms with E-state index in [0.717, 1.165) is 118 Å². The number of nitrogens with one attached hydrogen (secondary N) is 1. The number of hydrogen-bond acceptors (Lipinski definition) is 15. The van der Waals surface area contributed by atoms with Gasteiger partial charge in [-0.2, -0.15) is 0 Å². The number of hydrogen-bond donors (Lipinski definition) is 7. The number of carbonyl (C=O) groups is 4. The Balaban J connectivity index is 0.000000194. The summed E-state index contributed by atoms with van der Waals surface area (Å²) in [6, 6.07) is 61.7. The molecule has 8 aromatic heterocycles. The molecular formula is C107H124K6N13O10+3. The van der Waals surface area contributed by atoms with Crippen LogP contribution >= 0.6 is 0 Å². The predicted octanol–water partition coefficient (Wildman–Crippen LogP) is 15.4. The molecule has 0 bridgehead atoms. The van der Waals surface area contributed by atoms with E-state index in [4.69, 9.17) is 11.7 Å². The van der Waals surface area contributed by atoms with Gasteiger partial charge in [0.25, 0.3) is 23.5 Å². The molecule has 0 aliphatic heterocycles. The molecule has 4 fully saturated rings. The van der Waals surface area contributed by atoms with Crippen LogP contribution in [-0.4, -0.2) is 312 Å². The number of aliphatic hydroxyl groups excluding tert-OH is 2. The molecule has 4 aliphatic rings. The van der Waals surface area contributed by atoms with Crippen molar-refractivity contribution in [1.29, 1.82) is 0 Å². The minimum absolute atomic E-state index is 0.00607. The summed E-state index contributed by atoms with van der Waals surface area (Å²) in [5, 5.41) is 62.4. The summed E-state index contributed by atoms with van der Waals surface area (Å²) < 4.78 is 3.26. The Morgan fingerprint density at radius 3 is 0.985 bits per heavy atom. The number of pyridine rings is 8. The minimum atomic E-state index is -0.875. The molecule has 4 unspecified atom stereocenters. The summed E-state index contributed by atoms with van der Waals surface area (Å²) in [5.74, 6) is 4.38. The van der Waals surface area contributed by atoms with Gasteiger partial charge in [-0.1, -0.05) is 99.3 Å². The number of carboxylic acid groups (broad SMARTS) is 1. The Labute approximate surface area is 939 Å². The van der Waals surface area contributed by atoms with Crippen molar-refractivity contribution in [2.45, 2.75) is 167 Å². The van der Waals surface area contributed by atoms with Crippen LogP contribution in [-0.2, 0) is 51.9 Å². The Bertz CT molecular complexity index is 5440. The SMILES string of the molecule is CN(Cc1cccnc1)C(=O)c1ccc(CC2CC[C@H]([C@H](O)c3ccc[n+](O)c3)C2)cc1.CNCc1cccnc1.C[C@H](c1ccc[n+](O)c1)[C@H]1CCC(Cc2ccc(C(=O)N(C)Cc3cccnc3)cc2)C1.C[C@H](c1ccc[n+](O)c1)[C@H]1CCC(Cc2ccc(C(=O)O)cc2)C1.[C-]#[N+]c1ccc([C@@H](O)[C@H]2CCC(Cc3ccc(C(=O)N(C)Cc4cccnc4)cc3)C2)cn1.[K][K].[K][K].[K][K]. The van der Waals surface area contributed by atoms with Gasteiger partial charge in [-0.25, -0.2) is 4.79 Å². The van der Waals surface area contributed by atoms with Gasteiger partial charge in [-0.3, -0.25) is 49.9 Å². The number of aromatic nitrogens is 8. The van der Waals surface area contributed by atoms with Crippen LogP contribution in [0, 0.1) is 53.9 Å². The van der Waals surface area contributed by atoms with Crippen molar-refractivity contribution >= 4 is 219 Å². The third-order valence-corrected chi connectivity index (χ3v) is 26.2. The summed E-state index contributed by atoms with van der Waals surface area (Å²) in [7, 11) is 7.36. The third kappa shape index (κ3) is 38.8. The number of carboxylic acids is 1. The van der Waals surface area contributed by atoms with E-state index in [2.05, 4.69) is 73.2 Å². The van der Waals surface area contributed by atoms with Crippen LogP contribution in [0.2, 0.25) is 0 Å². The quantitative estimate of drug-likeness (QED) is 0.0104. The Hall–Kier alpha value is -3.45. The number of benzene rings is 4. The summed E-state index contributed by atoms with van der Waals surface area (Å²) in [6.07, 6.45) is 41.9. The second-order valence-electron chi connectivity index (χ2n) is 35.7. The number of nitrogens with zero attached hydrogens (tertiary/aromatic N) is 12. The maximum absolute atomic E-state index is 12.8. The van der Waals surface area contributed by atoms with Crippen molar-refractivity contribution in [1.82, 2.24) is 44.9 Å². The van der Waals surface area contributed by atoms with Crippen molar-refractivity contribution in [3.63, 3.8) is 0 Å². The topological polar surface area (TPSA) is 292 Å². The van der Waals surface area contributed by atoms with Gasteiger partial charge in [-0.15, -0.1) is 4.98 Å². The van der Waals surface area contributed by atoms with Gasteiger partial charge in [0.1, 0.15) is 6.20 Å². The van der Waals surface area contributed by atoms with Crippen molar-refractivity contribution in [3.05, 3.63) is 388 Å². The van der Waals surface area contributed by atoms with E-state index in [1.54, 1.807) is 140 Å². The summed E-state index contributed by atoms with van der Waals surface area (Å²) >= 11 is 7.50. The van der Waals surface area contributed by atoms with E-state index in [9.17, 15) is 45.0 Å². The van der Waals surface area contributed by atoms with Crippen LogP contribution in [0.3, 0.4) is 0 Å². The van der Waals surface area contributed by atoms with Gasteiger partial charge in [0, 0.05) is 168 Å². The number of amides is 3. The van der Waals surface area contributed by atoms with Gasteiger partial charge >= 0.3 is 195 Å². The first-order valence-electron chi connectivity index (χ1n) is 48.3. The first kappa shape index (κ1) is 116. The normalized spacial score (nSPS) is 18.0. The maximum atomic E-state index is 12.8. The number of carbonyl (C=O) groups excluding carboxylic acids is 3. The second-order valence-corrected chi connectivity index (χ2v) is 35.7. The molecule has 16 rings (SSSR count). The molecule has 0 spiro atoms. The summed E-state index contributed by atoms with van der Waals surface area (Å²) in [5.41, 5.74) is 15.5. The molecule has 3 amide bonds. The molecule has 4 aliphatic carbocycles. The van der Waals surface area contributed by atoms with E-state index < -0.39 is 18.2 Å². The molecular weight excluding hydrogens is 1860 g/mol. The number of aromatic carboxylic acids is 1. The second kappa shape index (κ2) is 63.7. The molecule has 4 aromatic carbocycles. The summed E-state index contributed by atoms with van der Waals surface area (Å²) in [6.45, 7) is 14.0. The third-order valence-electron chi connectivity index (χ3n) is 26.2. The van der Waals surface area contributed by atoms with Gasteiger partial charge in [0.2, 0.25) is 37.2 Å². The molecule has 29 heteroatoms. The molecule has 7 N–H and O–H groups in total. The first-order valence-corrected chi connectivity index (χ1v) is 96.3. The fraction of sp³-hybridized carbons (Fsp3) is 0.355. The molecule has 12 aromatic rings. The van der Waals surface area contributed by atoms with Crippen LogP contribution in [0.4, 0.5) is 5.82 Å². The number of rotatable bonds is 28. The van der Waals surface area contributed by atoms with Crippen molar-refractivity contribution < 1.29 is 64.3 Å². The van der Waals surface area contributed by atoms with E-state index >= 15 is 0 Å².